The fourth-order valence-corrected chi connectivity index (χ4v) is 1.73. The van der Waals surface area contributed by atoms with Gasteiger partial charge in [-0.3, -0.25) is 4.57 Å². The van der Waals surface area contributed by atoms with Gasteiger partial charge in [0.25, 0.3) is 0 Å². The first kappa shape index (κ1) is 26.9. The second-order valence-electron chi connectivity index (χ2n) is 4.28. The van der Waals surface area contributed by atoms with Crippen LogP contribution in [0.4, 0.5) is 5.82 Å². The molecule has 1 aromatic rings. The molecule has 0 spiro atoms. The molecule has 0 aromatic carbocycles. The van der Waals surface area contributed by atoms with E-state index in [1.54, 1.807) is 0 Å². The average molecular weight is 387 g/mol. The van der Waals surface area contributed by atoms with E-state index in [2.05, 4.69) is 4.98 Å². The van der Waals surface area contributed by atoms with Crippen LogP contribution >= 0.6 is 7.82 Å². The smallest absolute Gasteiger partial charge is 0.394 e. The van der Waals surface area contributed by atoms with Crippen LogP contribution in [0.25, 0.3) is 0 Å². The predicted octanol–water partition coefficient (Wildman–Crippen LogP) is -9.48. The standard InChI is InChI=1S/C9H13N3O5.2Na.H3O4P/c10-5-1-2-12(9(16)11-5)8-7(15)6(14)4(3-13)17-8;;;1-5(2,3)4/h1-2,4,6-8,13-15H,3H2,(H2,10,11,16);;;(H3,1,2,3,4)/q;2*+1;/t4-,6-,7-,8-;;;/m1.../s1. The summed E-state index contributed by atoms with van der Waals surface area (Å²) >= 11 is 0. The molecule has 1 aromatic heterocycles. The summed E-state index contributed by atoms with van der Waals surface area (Å²) < 4.78 is 15.1. The molecule has 1 aliphatic heterocycles. The Morgan fingerprint density at radius 1 is 1.25 bits per heavy atom. The maximum Gasteiger partial charge on any atom is 1.00 e. The largest absolute Gasteiger partial charge is 1.00 e. The summed E-state index contributed by atoms with van der Waals surface area (Å²) in [5.41, 5.74) is 4.63. The predicted molar refractivity (Wildman–Crippen MR) is 70.2 cm³/mol. The number of rotatable bonds is 2. The Kier molecular flexibility index (Phi) is 12.7. The van der Waals surface area contributed by atoms with Crippen molar-refractivity contribution >= 4 is 13.6 Å². The van der Waals surface area contributed by atoms with Crippen molar-refractivity contribution in [3.05, 3.63) is 22.7 Å². The number of aromatic nitrogens is 2. The van der Waals surface area contributed by atoms with Crippen molar-refractivity contribution in [2.75, 3.05) is 12.3 Å². The zero-order chi connectivity index (χ0) is 17.1. The van der Waals surface area contributed by atoms with Gasteiger partial charge in [-0.15, -0.1) is 0 Å². The van der Waals surface area contributed by atoms with E-state index in [-0.39, 0.29) is 64.9 Å². The third kappa shape index (κ3) is 8.34. The molecule has 2 heterocycles. The monoisotopic (exact) mass is 387 g/mol. The van der Waals surface area contributed by atoms with Crippen LogP contribution in [0.2, 0.25) is 0 Å². The zero-order valence-electron chi connectivity index (χ0n) is 13.0. The summed E-state index contributed by atoms with van der Waals surface area (Å²) in [6.45, 7) is -0.453. The molecule has 0 aliphatic carbocycles. The normalized spacial score (nSPS) is 25.8. The fourth-order valence-electron chi connectivity index (χ4n) is 1.73. The first-order valence-corrected chi connectivity index (χ1v) is 7.36. The second kappa shape index (κ2) is 11.4. The molecule has 2 rings (SSSR count). The molecular weight excluding hydrogens is 371 g/mol. The number of nitrogens with two attached hydrogens (primary N) is 1. The molecule has 0 amide bonds. The summed E-state index contributed by atoms with van der Waals surface area (Å²) in [5.74, 6) is 0.0537. The number of nitrogen functional groups attached to an aromatic ring is 1. The number of phosphoric acid groups is 1. The molecule has 1 fully saturated rings. The van der Waals surface area contributed by atoms with Crippen molar-refractivity contribution in [1.82, 2.24) is 9.55 Å². The molecule has 126 valence electrons. The Hall–Kier alpha value is 0.630. The Balaban J connectivity index is 0. The molecule has 0 radical (unpaired) electrons. The first-order valence-electron chi connectivity index (χ1n) is 5.80. The van der Waals surface area contributed by atoms with E-state index >= 15 is 0 Å². The Labute approximate surface area is 180 Å². The van der Waals surface area contributed by atoms with Crippen LogP contribution < -0.4 is 70.5 Å². The number of aliphatic hydroxyl groups is 3. The first-order chi connectivity index (χ1) is 10.0. The van der Waals surface area contributed by atoms with Crippen LogP contribution in [0.5, 0.6) is 0 Å². The second-order valence-corrected chi connectivity index (χ2v) is 5.31. The van der Waals surface area contributed by atoms with Gasteiger partial charge in [0.15, 0.2) is 6.23 Å². The zero-order valence-corrected chi connectivity index (χ0v) is 17.9. The minimum absolute atomic E-state index is 0. The van der Waals surface area contributed by atoms with Crippen LogP contribution in [0.1, 0.15) is 6.23 Å². The van der Waals surface area contributed by atoms with Gasteiger partial charge in [-0.05, 0) is 6.07 Å². The van der Waals surface area contributed by atoms with E-state index in [1.165, 1.54) is 12.3 Å². The number of hydrogen-bond donors (Lipinski definition) is 7. The van der Waals surface area contributed by atoms with Gasteiger partial charge in [-0.25, -0.2) is 9.36 Å². The van der Waals surface area contributed by atoms with Gasteiger partial charge < -0.3 is 40.5 Å². The molecule has 4 atom stereocenters. The van der Waals surface area contributed by atoms with Crippen LogP contribution in [0, 0.1) is 0 Å². The molecular formula is C9H16N3Na2O9P+2. The van der Waals surface area contributed by atoms with Crippen molar-refractivity contribution in [3.8, 4) is 0 Å². The topological polar surface area (TPSA) is 209 Å². The summed E-state index contributed by atoms with van der Waals surface area (Å²) in [6, 6.07) is 1.37. The third-order valence-electron chi connectivity index (χ3n) is 2.64. The molecule has 1 saturated heterocycles. The number of nitrogens with zero attached hydrogens (tertiary/aromatic N) is 2. The van der Waals surface area contributed by atoms with E-state index < -0.39 is 44.7 Å². The van der Waals surface area contributed by atoms with Gasteiger partial charge in [0.2, 0.25) is 0 Å². The Bertz CT molecular complexity index is 604. The number of hydrogen-bond acceptors (Lipinski definition) is 8. The van der Waals surface area contributed by atoms with Crippen LogP contribution in [-0.4, -0.2) is 64.5 Å². The van der Waals surface area contributed by atoms with Crippen molar-refractivity contribution < 1.29 is 98.4 Å². The van der Waals surface area contributed by atoms with E-state index in [0.717, 1.165) is 4.57 Å². The molecule has 24 heavy (non-hydrogen) atoms. The van der Waals surface area contributed by atoms with Crippen molar-refractivity contribution in [2.45, 2.75) is 24.5 Å². The number of anilines is 1. The van der Waals surface area contributed by atoms with E-state index in [0.29, 0.717) is 0 Å². The molecule has 0 bridgehead atoms. The molecule has 15 heteroatoms. The van der Waals surface area contributed by atoms with Gasteiger partial charge in [0, 0.05) is 6.20 Å². The van der Waals surface area contributed by atoms with Crippen molar-refractivity contribution in [1.29, 1.82) is 0 Å². The minimum Gasteiger partial charge on any atom is -0.394 e. The van der Waals surface area contributed by atoms with Crippen LogP contribution in [0.15, 0.2) is 17.1 Å². The average Bonchev–Trinajstić information content (AvgIpc) is 2.64. The number of aliphatic hydroxyl groups excluding tert-OH is 3. The van der Waals surface area contributed by atoms with Crippen molar-refractivity contribution in [2.24, 2.45) is 0 Å². The molecule has 0 saturated carbocycles. The molecule has 1 aliphatic rings. The Morgan fingerprint density at radius 3 is 2.12 bits per heavy atom. The van der Waals surface area contributed by atoms with Crippen LogP contribution in [0.3, 0.4) is 0 Å². The fraction of sp³-hybridized carbons (Fsp3) is 0.556. The SMILES string of the molecule is Nc1ccn([C@@H]2O[C@H](CO)[C@@H](O)[C@H]2O)c(=O)n1.O=P(O)(O)O.[Na+].[Na+]. The van der Waals surface area contributed by atoms with Gasteiger partial charge in [-0.1, -0.05) is 0 Å². The molecule has 12 nitrogen and oxygen atoms in total. The summed E-state index contributed by atoms with van der Waals surface area (Å²) in [7, 11) is -4.64. The minimum atomic E-state index is -4.64. The Morgan fingerprint density at radius 2 is 1.75 bits per heavy atom. The summed E-state index contributed by atoms with van der Waals surface area (Å²) in [6.07, 6.45) is -3.27. The van der Waals surface area contributed by atoms with Gasteiger partial charge in [0.1, 0.15) is 24.1 Å². The maximum atomic E-state index is 11.5. The van der Waals surface area contributed by atoms with Crippen molar-refractivity contribution in [3.63, 3.8) is 0 Å². The molecule has 0 unspecified atom stereocenters. The van der Waals surface area contributed by atoms with E-state index in [9.17, 15) is 15.0 Å². The van der Waals surface area contributed by atoms with Gasteiger partial charge >= 0.3 is 72.6 Å². The van der Waals surface area contributed by atoms with Crippen LogP contribution in [-0.2, 0) is 9.30 Å². The maximum absolute atomic E-state index is 11.5. The van der Waals surface area contributed by atoms with Gasteiger partial charge in [-0.2, -0.15) is 4.98 Å². The van der Waals surface area contributed by atoms with Gasteiger partial charge in [0.05, 0.1) is 6.61 Å². The summed E-state index contributed by atoms with van der Waals surface area (Å²) in [5, 5.41) is 28.2. The molecule has 8 N–H and O–H groups in total. The quantitative estimate of drug-likeness (QED) is 0.187. The number of ether oxygens (including phenoxy) is 1. The van der Waals surface area contributed by atoms with E-state index in [1.807, 2.05) is 0 Å². The van der Waals surface area contributed by atoms with E-state index in [4.69, 9.17) is 34.8 Å². The third-order valence-corrected chi connectivity index (χ3v) is 2.64. The summed E-state index contributed by atoms with van der Waals surface area (Å²) in [4.78, 5) is 36.6.